The van der Waals surface area contributed by atoms with Crippen molar-refractivity contribution in [2.45, 2.75) is 86.2 Å². The number of fused-ring (bicyclic) bond motifs is 2. The molecule has 4 heterocycles. The number of rotatable bonds is 6. The SMILES string of the molecule is C.C[C@@H]1CN(Cc2ccc(F)cc2)[C@@H](C)CN1.Cc1cc2[nH]ccc2cc1C(=O)N1C[C@H](C)N(Cc2ccc(F)cc2)C[C@H]1C.Cc1cc2[nH]ccc2cc1C(=O)O.[3H][B][3H].[U]. The van der Waals surface area contributed by atoms with Crippen molar-refractivity contribution >= 4 is 42.0 Å². The van der Waals surface area contributed by atoms with Gasteiger partial charge in [0.2, 0.25) is 0 Å². The van der Waals surface area contributed by atoms with E-state index in [4.69, 9.17) is 7.78 Å². The van der Waals surface area contributed by atoms with Gasteiger partial charge in [-0.15, -0.1) is 0 Å². The zero-order valence-electron chi connectivity index (χ0n) is 36.7. The first-order valence-corrected chi connectivity index (χ1v) is 19.7. The molecule has 2 saturated heterocycles. The maximum Gasteiger partial charge on any atom is 0.335 e. The molecule has 6 aromatic rings. The second kappa shape index (κ2) is 22.6. The molecule has 0 saturated carbocycles. The van der Waals surface area contributed by atoms with E-state index in [1.807, 2.05) is 72.6 Å². The number of aromatic nitrogens is 2. The minimum atomic E-state index is -0.874. The van der Waals surface area contributed by atoms with Crippen LogP contribution in [0.2, 0.25) is 0 Å². The number of aryl methyl sites for hydroxylation is 2. The molecule has 4 N–H and O–H groups in total. The van der Waals surface area contributed by atoms with Crippen molar-refractivity contribution in [1.29, 1.82) is 2.67 Å². The minimum absolute atomic E-state index is 0. The van der Waals surface area contributed by atoms with E-state index in [0.717, 1.165) is 76.8 Å². The number of hydrogen-bond acceptors (Lipinski definition) is 5. The van der Waals surface area contributed by atoms with E-state index in [1.165, 1.54) is 29.8 Å². The van der Waals surface area contributed by atoms with Crippen LogP contribution >= 0.6 is 0 Å². The molecule has 4 aromatic carbocycles. The van der Waals surface area contributed by atoms with Gasteiger partial charge in [0.05, 0.1) is 13.9 Å². The van der Waals surface area contributed by atoms with Gasteiger partial charge in [-0.05, 0) is 127 Å². The van der Waals surface area contributed by atoms with Crippen LogP contribution in [0.4, 0.5) is 8.78 Å². The fourth-order valence-electron chi connectivity index (χ4n) is 7.70. The number of carboxylic acid groups (broad SMARTS) is 1. The van der Waals surface area contributed by atoms with Crippen LogP contribution in [0.1, 0.15) is 78.1 Å². The zero-order chi connectivity index (χ0) is 43.5. The predicted octanol–water partition coefficient (Wildman–Crippen LogP) is 8.25. The Balaban J connectivity index is 0.000000256. The third-order valence-corrected chi connectivity index (χ3v) is 11.1. The van der Waals surface area contributed by atoms with Crippen LogP contribution in [0.5, 0.6) is 0 Å². The van der Waals surface area contributed by atoms with Crippen molar-refractivity contribution in [2.75, 3.05) is 26.2 Å². The summed E-state index contributed by atoms with van der Waals surface area (Å²) in [7, 11) is 0.500. The molecular weight excluding hydrogens is 983 g/mol. The van der Waals surface area contributed by atoms with Gasteiger partial charge in [-0.25, -0.2) is 13.6 Å². The van der Waals surface area contributed by atoms with Crippen LogP contribution in [0, 0.1) is 56.6 Å². The normalized spacial score (nSPS) is 19.4. The van der Waals surface area contributed by atoms with Crippen molar-refractivity contribution in [1.82, 2.24) is 30.0 Å². The van der Waals surface area contributed by atoms with Crippen molar-refractivity contribution in [2.24, 2.45) is 0 Å². The van der Waals surface area contributed by atoms with E-state index in [2.05, 4.69) is 52.8 Å². The summed E-state index contributed by atoms with van der Waals surface area (Å²) >= 11 is 0. The van der Waals surface area contributed by atoms with Gasteiger partial charge in [0.1, 0.15) is 11.6 Å². The summed E-state index contributed by atoms with van der Waals surface area (Å²) in [4.78, 5) is 37.1. The molecule has 2 aliphatic heterocycles. The summed E-state index contributed by atoms with van der Waals surface area (Å²) in [6.07, 6.45) is 3.70. The number of hydrogen-bond donors (Lipinski definition) is 4. The molecular formula is C47H60BF2N6O3U. The Labute approximate surface area is 382 Å². The van der Waals surface area contributed by atoms with E-state index in [1.54, 1.807) is 19.2 Å². The third-order valence-electron chi connectivity index (χ3n) is 11.1. The first-order chi connectivity index (χ1) is 28.7. The van der Waals surface area contributed by atoms with Crippen LogP contribution in [0.15, 0.2) is 97.3 Å². The number of nitrogens with one attached hydrogen (secondary N) is 3. The molecule has 8 rings (SSSR count). The smallest absolute Gasteiger partial charge is 0.335 e. The van der Waals surface area contributed by atoms with Gasteiger partial charge in [0.25, 0.3) is 5.91 Å². The molecule has 1 radical (unpaired) electrons. The predicted molar refractivity (Wildman–Crippen MR) is 239 cm³/mol. The van der Waals surface area contributed by atoms with Crippen LogP contribution in [0.25, 0.3) is 21.8 Å². The van der Waals surface area contributed by atoms with Crippen LogP contribution in [0.3, 0.4) is 0 Å². The zero-order valence-corrected chi connectivity index (χ0v) is 38.9. The van der Waals surface area contributed by atoms with Crippen molar-refractivity contribution in [3.05, 3.63) is 142 Å². The fraction of sp³-hybridized carbons (Fsp3) is 0.362. The average Bonchev–Trinajstić information content (AvgIpc) is 3.88. The van der Waals surface area contributed by atoms with E-state index < -0.39 is 5.97 Å². The summed E-state index contributed by atoms with van der Waals surface area (Å²) in [6, 6.07) is 26.3. The van der Waals surface area contributed by atoms with E-state index in [0.29, 0.717) is 32.5 Å². The van der Waals surface area contributed by atoms with Gasteiger partial charge in [0, 0.05) is 134 Å². The number of H-pyrrole nitrogens is 2. The molecule has 4 atom stereocenters. The Morgan fingerprint density at radius 3 is 1.68 bits per heavy atom. The second-order valence-corrected chi connectivity index (χ2v) is 15.7. The van der Waals surface area contributed by atoms with E-state index in [9.17, 15) is 18.4 Å². The molecule has 0 aliphatic carbocycles. The Kier molecular flexibility index (Phi) is 17.6. The molecule has 60 heavy (non-hydrogen) atoms. The summed E-state index contributed by atoms with van der Waals surface area (Å²) in [5.41, 5.74) is 7.22. The largest absolute Gasteiger partial charge is 0.478 e. The maximum absolute atomic E-state index is 13.3. The maximum atomic E-state index is 13.3. The first-order valence-electron chi connectivity index (χ1n) is 20.8. The molecule has 9 nitrogen and oxygen atoms in total. The number of benzene rings is 4. The standard InChI is InChI=1S/C23H26FN3O.C13H19FN2.C10H9NO2.CH4.BH2.U/c1-15-10-22-19(8-9-25-22)11-21(15)23(28)27-13-16(2)26(12-17(27)3)14-18-4-6-20(24)7-5-18;1-10-8-16(11(2)7-15-10)9-12-3-5-13(14)6-4-12;1-6-4-9-7(2-3-11-9)5-8(6)10(12)13;;;/h4-11,16-17,25H,12-14H2,1-3H3;3-6,10-11,15H,7-9H2,1-2H3;2-5,11H,1H3,(H,12,13);1H4;1H2;/t16-,17+;10-,11+;;;;/m01..../s1/i;;;;1T2;. The molecule has 2 aliphatic rings. The third kappa shape index (κ3) is 12.6. The summed E-state index contributed by atoms with van der Waals surface area (Å²) in [6.45, 7) is 17.7. The number of nitrogens with zero attached hydrogens (tertiary/aromatic N) is 3. The van der Waals surface area contributed by atoms with Crippen LogP contribution < -0.4 is 5.32 Å². The van der Waals surface area contributed by atoms with Gasteiger partial charge in [0.15, 0.2) is 0 Å². The number of aromatic amines is 2. The molecule has 1 amide bonds. The van der Waals surface area contributed by atoms with E-state index >= 15 is 0 Å². The number of carbonyl (C=O) groups is 2. The summed E-state index contributed by atoms with van der Waals surface area (Å²) < 4.78 is 37.4. The second-order valence-electron chi connectivity index (χ2n) is 15.7. The first kappa shape index (κ1) is 46.8. The summed E-state index contributed by atoms with van der Waals surface area (Å²) in [5.74, 6) is -1.15. The molecule has 2 fully saturated rings. The van der Waals surface area contributed by atoms with Gasteiger partial charge in [-0.3, -0.25) is 14.6 Å². The van der Waals surface area contributed by atoms with Crippen LogP contribution in [-0.2, 0) is 13.1 Å². The van der Waals surface area contributed by atoms with Gasteiger partial charge >= 0.3 is 5.97 Å². The summed E-state index contributed by atoms with van der Waals surface area (Å²) in [5, 5.41) is 14.3. The molecule has 317 valence electrons. The number of piperazine rings is 2. The quantitative estimate of drug-likeness (QED) is 0.125. The van der Waals surface area contributed by atoms with Crippen LogP contribution in [-0.4, -0.2) is 103 Å². The number of halogens is 2. The molecule has 0 unspecified atom stereocenters. The average molecular weight is 1050 g/mol. The monoisotopic (exact) mass is 1050 g/mol. The Morgan fingerprint density at radius 1 is 0.717 bits per heavy atom. The Hall–Kier alpha value is -4.24. The topological polar surface area (TPSA) is 108 Å². The van der Waals surface area contributed by atoms with Crippen molar-refractivity contribution < 1.29 is 54.6 Å². The van der Waals surface area contributed by atoms with Gasteiger partial charge < -0.3 is 25.3 Å². The molecule has 2 aromatic heterocycles. The minimum Gasteiger partial charge on any atom is -0.478 e. The number of carbonyl (C=O) groups excluding carboxylic acids is 1. The Morgan fingerprint density at radius 2 is 1.18 bits per heavy atom. The molecule has 0 spiro atoms. The number of carboxylic acids is 1. The van der Waals surface area contributed by atoms with Crippen molar-refractivity contribution in [3.8, 4) is 0 Å². The van der Waals surface area contributed by atoms with Gasteiger partial charge in [-0.2, -0.15) is 0 Å². The number of amides is 1. The molecule has 13 heteroatoms. The van der Waals surface area contributed by atoms with Crippen molar-refractivity contribution in [3.63, 3.8) is 0 Å². The van der Waals surface area contributed by atoms with E-state index in [-0.39, 0.29) is 68.2 Å². The Bertz CT molecular complexity index is 2330. The van der Waals surface area contributed by atoms with Gasteiger partial charge in [-0.1, -0.05) is 31.7 Å². The molecule has 0 bridgehead atoms. The fourth-order valence-corrected chi connectivity index (χ4v) is 7.70. The number of aromatic carboxylic acids is 1.